The van der Waals surface area contributed by atoms with Gasteiger partial charge in [-0.1, -0.05) is 11.8 Å². The average molecular weight is 262 g/mol. The van der Waals surface area contributed by atoms with Crippen LogP contribution in [0, 0.1) is 0 Å². The number of hydrogen-bond acceptors (Lipinski definition) is 5. The molecule has 1 fully saturated rings. The minimum Gasteiger partial charge on any atom is -0.381 e. The molecule has 0 amide bonds. The Kier molecular flexibility index (Phi) is 4.98. The van der Waals surface area contributed by atoms with Gasteiger partial charge >= 0.3 is 0 Å². The first-order chi connectivity index (χ1) is 7.24. The molecule has 0 atom stereocenters. The van der Waals surface area contributed by atoms with Gasteiger partial charge in [-0.25, -0.2) is 9.97 Å². The highest BCUT2D eigenvalue weighted by molar-refractivity contribution is 7.98. The molecule has 1 aromatic heterocycles. The van der Waals surface area contributed by atoms with E-state index in [1.54, 1.807) is 6.20 Å². The second-order valence-electron chi connectivity index (χ2n) is 3.70. The summed E-state index contributed by atoms with van der Waals surface area (Å²) < 4.78 is 5.31. The first kappa shape index (κ1) is 13.7. The number of ether oxygens (including phenoxy) is 1. The SMILES string of the molecule is CSc1nccc(C2(N)CCOCC2)n1.Cl. The Morgan fingerprint density at radius 3 is 2.75 bits per heavy atom. The van der Waals surface area contributed by atoms with Crippen molar-refractivity contribution in [2.75, 3.05) is 19.5 Å². The van der Waals surface area contributed by atoms with Crippen molar-refractivity contribution in [3.63, 3.8) is 0 Å². The summed E-state index contributed by atoms with van der Waals surface area (Å²) in [6.07, 6.45) is 5.40. The zero-order valence-electron chi connectivity index (χ0n) is 9.18. The summed E-state index contributed by atoms with van der Waals surface area (Å²) in [5.74, 6) is 0. The lowest BCUT2D eigenvalue weighted by Gasteiger charge is -2.32. The zero-order valence-corrected chi connectivity index (χ0v) is 10.8. The number of hydrogen-bond donors (Lipinski definition) is 1. The van der Waals surface area contributed by atoms with Gasteiger partial charge in [-0.2, -0.15) is 0 Å². The summed E-state index contributed by atoms with van der Waals surface area (Å²) >= 11 is 1.54. The number of nitrogens with zero attached hydrogens (tertiary/aromatic N) is 2. The van der Waals surface area contributed by atoms with Crippen molar-refractivity contribution in [3.05, 3.63) is 18.0 Å². The van der Waals surface area contributed by atoms with Crippen molar-refractivity contribution in [3.8, 4) is 0 Å². The minimum atomic E-state index is -0.328. The zero-order chi connectivity index (χ0) is 10.7. The minimum absolute atomic E-state index is 0. The molecule has 1 aromatic rings. The molecule has 0 aliphatic carbocycles. The third-order valence-corrected chi connectivity index (χ3v) is 3.27. The molecular weight excluding hydrogens is 246 g/mol. The maximum atomic E-state index is 6.32. The molecule has 0 radical (unpaired) electrons. The summed E-state index contributed by atoms with van der Waals surface area (Å²) in [5.41, 5.74) is 6.93. The lowest BCUT2D eigenvalue weighted by atomic mass is 9.88. The van der Waals surface area contributed by atoms with Gasteiger partial charge < -0.3 is 10.5 Å². The van der Waals surface area contributed by atoms with Gasteiger partial charge in [-0.15, -0.1) is 12.4 Å². The Bertz CT molecular complexity index is 345. The normalized spacial score (nSPS) is 18.9. The highest BCUT2D eigenvalue weighted by Gasteiger charge is 2.31. The van der Waals surface area contributed by atoms with Crippen molar-refractivity contribution in [1.29, 1.82) is 0 Å². The van der Waals surface area contributed by atoms with Crippen LogP contribution in [0.1, 0.15) is 18.5 Å². The summed E-state index contributed by atoms with van der Waals surface area (Å²) in [7, 11) is 0. The number of thioether (sulfide) groups is 1. The molecule has 2 heterocycles. The van der Waals surface area contributed by atoms with Crippen LogP contribution >= 0.6 is 24.2 Å². The van der Waals surface area contributed by atoms with Crippen LogP contribution in [0.15, 0.2) is 17.4 Å². The number of halogens is 1. The number of nitrogens with two attached hydrogens (primary N) is 1. The van der Waals surface area contributed by atoms with E-state index < -0.39 is 0 Å². The van der Waals surface area contributed by atoms with Crippen LogP contribution in [-0.4, -0.2) is 29.4 Å². The standard InChI is InChI=1S/C10H15N3OS.ClH/c1-15-9-12-5-2-8(13-9)10(11)3-6-14-7-4-10;/h2,5H,3-4,6-7,11H2,1H3;1H. The van der Waals surface area contributed by atoms with Gasteiger partial charge in [0.15, 0.2) is 5.16 Å². The molecule has 0 saturated carbocycles. The molecule has 0 unspecified atom stereocenters. The Hall–Kier alpha value is -0.360. The largest absolute Gasteiger partial charge is 0.381 e. The van der Waals surface area contributed by atoms with Crippen LogP contribution in [0.4, 0.5) is 0 Å². The van der Waals surface area contributed by atoms with Crippen molar-refractivity contribution >= 4 is 24.2 Å². The Labute approximate surface area is 106 Å². The van der Waals surface area contributed by atoms with Gasteiger partial charge in [0, 0.05) is 19.4 Å². The molecule has 1 aliphatic heterocycles. The van der Waals surface area contributed by atoms with Crippen LogP contribution in [0.3, 0.4) is 0 Å². The van der Waals surface area contributed by atoms with E-state index >= 15 is 0 Å². The first-order valence-corrected chi connectivity index (χ1v) is 6.21. The van der Waals surface area contributed by atoms with E-state index in [1.807, 2.05) is 12.3 Å². The second-order valence-corrected chi connectivity index (χ2v) is 4.47. The molecule has 90 valence electrons. The number of aromatic nitrogens is 2. The maximum absolute atomic E-state index is 6.32. The van der Waals surface area contributed by atoms with E-state index in [-0.39, 0.29) is 17.9 Å². The molecule has 1 saturated heterocycles. The van der Waals surface area contributed by atoms with E-state index in [1.165, 1.54) is 11.8 Å². The quantitative estimate of drug-likeness (QED) is 0.647. The molecule has 4 nitrogen and oxygen atoms in total. The molecule has 0 aromatic carbocycles. The Morgan fingerprint density at radius 2 is 2.12 bits per heavy atom. The van der Waals surface area contributed by atoms with Crippen LogP contribution in [0.25, 0.3) is 0 Å². The summed E-state index contributed by atoms with van der Waals surface area (Å²) in [4.78, 5) is 8.61. The highest BCUT2D eigenvalue weighted by atomic mass is 35.5. The van der Waals surface area contributed by atoms with E-state index in [0.29, 0.717) is 0 Å². The first-order valence-electron chi connectivity index (χ1n) is 4.99. The lowest BCUT2D eigenvalue weighted by molar-refractivity contribution is 0.0505. The predicted molar refractivity (Wildman–Crippen MR) is 67.0 cm³/mol. The van der Waals surface area contributed by atoms with Crippen LogP contribution in [-0.2, 0) is 10.3 Å². The Morgan fingerprint density at radius 1 is 1.44 bits per heavy atom. The third kappa shape index (κ3) is 2.85. The van der Waals surface area contributed by atoms with Crippen molar-refractivity contribution in [1.82, 2.24) is 9.97 Å². The Balaban J connectivity index is 0.00000128. The number of rotatable bonds is 2. The van der Waals surface area contributed by atoms with Crippen LogP contribution < -0.4 is 5.73 Å². The second kappa shape index (κ2) is 5.82. The van der Waals surface area contributed by atoms with Crippen molar-refractivity contribution < 1.29 is 4.74 Å². The van der Waals surface area contributed by atoms with Crippen LogP contribution in [0.2, 0.25) is 0 Å². The smallest absolute Gasteiger partial charge is 0.187 e. The average Bonchev–Trinajstić information content (AvgIpc) is 2.30. The van der Waals surface area contributed by atoms with E-state index in [0.717, 1.165) is 36.9 Å². The maximum Gasteiger partial charge on any atom is 0.187 e. The summed E-state index contributed by atoms with van der Waals surface area (Å²) in [6.45, 7) is 1.43. The topological polar surface area (TPSA) is 61.0 Å². The monoisotopic (exact) mass is 261 g/mol. The van der Waals surface area contributed by atoms with E-state index in [4.69, 9.17) is 10.5 Å². The summed E-state index contributed by atoms with van der Waals surface area (Å²) in [5, 5.41) is 0.781. The molecule has 16 heavy (non-hydrogen) atoms. The van der Waals surface area contributed by atoms with E-state index in [2.05, 4.69) is 9.97 Å². The van der Waals surface area contributed by atoms with Gasteiger partial charge in [0.05, 0.1) is 11.2 Å². The van der Waals surface area contributed by atoms with Gasteiger partial charge in [0.1, 0.15) is 0 Å². The van der Waals surface area contributed by atoms with Crippen molar-refractivity contribution in [2.45, 2.75) is 23.5 Å². The highest BCUT2D eigenvalue weighted by Crippen LogP contribution is 2.28. The van der Waals surface area contributed by atoms with Crippen molar-refractivity contribution in [2.24, 2.45) is 5.73 Å². The molecule has 1 aliphatic rings. The van der Waals surface area contributed by atoms with E-state index in [9.17, 15) is 0 Å². The third-order valence-electron chi connectivity index (χ3n) is 2.71. The lowest BCUT2D eigenvalue weighted by Crippen LogP contribution is -2.43. The molecule has 0 bridgehead atoms. The van der Waals surface area contributed by atoms with Gasteiger partial charge in [0.2, 0.25) is 0 Å². The molecule has 2 N–H and O–H groups in total. The molecular formula is C10H16ClN3OS. The molecule has 0 spiro atoms. The van der Waals surface area contributed by atoms with Gasteiger partial charge in [-0.05, 0) is 25.2 Å². The van der Waals surface area contributed by atoms with Gasteiger partial charge in [-0.3, -0.25) is 0 Å². The predicted octanol–water partition coefficient (Wildman–Crippen LogP) is 1.58. The molecule has 2 rings (SSSR count). The fraction of sp³-hybridized carbons (Fsp3) is 0.600. The van der Waals surface area contributed by atoms with Crippen LogP contribution in [0.5, 0.6) is 0 Å². The fourth-order valence-corrected chi connectivity index (χ4v) is 2.06. The van der Waals surface area contributed by atoms with Gasteiger partial charge in [0.25, 0.3) is 0 Å². The summed E-state index contributed by atoms with van der Waals surface area (Å²) in [6, 6.07) is 1.91. The molecule has 6 heteroatoms. The fourth-order valence-electron chi connectivity index (χ4n) is 1.71.